The minimum absolute atomic E-state index is 0.107. The molecule has 0 bridgehead atoms. The van der Waals surface area contributed by atoms with E-state index in [1.165, 1.54) is 35.7 Å². The van der Waals surface area contributed by atoms with Crippen LogP contribution in [0.15, 0.2) is 51.8 Å². The van der Waals surface area contributed by atoms with Crippen molar-refractivity contribution in [2.24, 2.45) is 11.8 Å². The number of carbonyl (C=O) groups excluding carboxylic acids is 1. The molecule has 3 aromatic rings. The summed E-state index contributed by atoms with van der Waals surface area (Å²) in [5.74, 6) is 1.07. The Balaban J connectivity index is 1.75. The molecule has 0 atom stereocenters. The summed E-state index contributed by atoms with van der Waals surface area (Å²) in [5.41, 5.74) is 0.781. The van der Waals surface area contributed by atoms with E-state index in [1.807, 2.05) is 27.7 Å². The molecule has 0 saturated heterocycles. The SMILES string of the molecule is COc1ccc(-c2nnc(NC(=O)c3ccc(S(=O)(=O)N(CC(C)C)CC(C)C)cc3)o2)c(OC)c1. The monoisotopic (exact) mass is 516 g/mol. The lowest BCUT2D eigenvalue weighted by molar-refractivity contribution is 0.102. The lowest BCUT2D eigenvalue weighted by Crippen LogP contribution is -2.37. The molecule has 3 rings (SSSR count). The Morgan fingerprint density at radius 1 is 0.972 bits per heavy atom. The van der Waals surface area contributed by atoms with Gasteiger partial charge in [0.15, 0.2) is 0 Å². The average molecular weight is 517 g/mol. The maximum absolute atomic E-state index is 13.2. The first-order valence-electron chi connectivity index (χ1n) is 11.5. The summed E-state index contributed by atoms with van der Waals surface area (Å²) in [4.78, 5) is 12.8. The molecule has 0 unspecified atom stereocenters. The van der Waals surface area contributed by atoms with Gasteiger partial charge in [-0.25, -0.2) is 8.42 Å². The Kier molecular flexibility index (Phi) is 8.70. The van der Waals surface area contributed by atoms with Crippen molar-refractivity contribution >= 4 is 21.9 Å². The molecule has 0 saturated carbocycles. The number of anilines is 1. The van der Waals surface area contributed by atoms with Crippen molar-refractivity contribution in [3.8, 4) is 23.0 Å². The Labute approximate surface area is 211 Å². The summed E-state index contributed by atoms with van der Waals surface area (Å²) in [6.45, 7) is 8.74. The van der Waals surface area contributed by atoms with Crippen molar-refractivity contribution in [2.45, 2.75) is 32.6 Å². The van der Waals surface area contributed by atoms with Crippen LogP contribution in [0.25, 0.3) is 11.5 Å². The second-order valence-corrected chi connectivity index (χ2v) is 11.0. The van der Waals surface area contributed by atoms with Gasteiger partial charge in [0.25, 0.3) is 11.8 Å². The van der Waals surface area contributed by atoms with Gasteiger partial charge in [-0.05, 0) is 48.2 Å². The summed E-state index contributed by atoms with van der Waals surface area (Å²) in [6, 6.07) is 10.8. The highest BCUT2D eigenvalue weighted by atomic mass is 32.2. The zero-order valence-electron chi connectivity index (χ0n) is 21.3. The van der Waals surface area contributed by atoms with Gasteiger partial charge in [-0.3, -0.25) is 10.1 Å². The number of sulfonamides is 1. The van der Waals surface area contributed by atoms with E-state index in [4.69, 9.17) is 13.9 Å². The highest BCUT2D eigenvalue weighted by Gasteiger charge is 2.26. The third kappa shape index (κ3) is 6.41. The fraction of sp³-hybridized carbons (Fsp3) is 0.400. The van der Waals surface area contributed by atoms with E-state index in [9.17, 15) is 13.2 Å². The predicted molar refractivity (Wildman–Crippen MR) is 136 cm³/mol. The zero-order valence-corrected chi connectivity index (χ0v) is 22.1. The fourth-order valence-corrected chi connectivity index (χ4v) is 5.31. The number of methoxy groups -OCH3 is 2. The van der Waals surface area contributed by atoms with Crippen LogP contribution >= 0.6 is 0 Å². The van der Waals surface area contributed by atoms with Gasteiger partial charge in [-0.2, -0.15) is 4.31 Å². The van der Waals surface area contributed by atoms with Crippen LogP contribution in [0.3, 0.4) is 0 Å². The van der Waals surface area contributed by atoms with Crippen LogP contribution in [0.5, 0.6) is 11.5 Å². The molecule has 1 heterocycles. The summed E-state index contributed by atoms with van der Waals surface area (Å²) < 4.78 is 44.0. The normalized spacial score (nSPS) is 11.8. The molecule has 1 aromatic heterocycles. The maximum atomic E-state index is 13.2. The number of hydrogen-bond acceptors (Lipinski definition) is 8. The fourth-order valence-electron chi connectivity index (χ4n) is 3.54. The Bertz CT molecular complexity index is 1280. The Morgan fingerprint density at radius 3 is 2.17 bits per heavy atom. The Hall–Kier alpha value is -3.44. The summed E-state index contributed by atoms with van der Waals surface area (Å²) in [7, 11) is -0.640. The molecular formula is C25H32N4O6S. The van der Waals surface area contributed by atoms with Crippen LogP contribution < -0.4 is 14.8 Å². The van der Waals surface area contributed by atoms with Crippen LogP contribution in [0, 0.1) is 11.8 Å². The lowest BCUT2D eigenvalue weighted by atomic mass is 10.2. The topological polar surface area (TPSA) is 124 Å². The van der Waals surface area contributed by atoms with E-state index in [0.29, 0.717) is 30.2 Å². The smallest absolute Gasteiger partial charge is 0.322 e. The van der Waals surface area contributed by atoms with E-state index in [1.54, 1.807) is 25.3 Å². The molecule has 1 amide bonds. The van der Waals surface area contributed by atoms with Crippen LogP contribution in [-0.4, -0.2) is 56.1 Å². The lowest BCUT2D eigenvalue weighted by Gasteiger charge is -2.25. The van der Waals surface area contributed by atoms with E-state index in [0.717, 1.165) is 0 Å². The van der Waals surface area contributed by atoms with Gasteiger partial charge in [0.2, 0.25) is 10.0 Å². The average Bonchev–Trinajstić information content (AvgIpc) is 3.30. The first-order valence-corrected chi connectivity index (χ1v) is 13.0. The van der Waals surface area contributed by atoms with Crippen molar-refractivity contribution in [2.75, 3.05) is 32.6 Å². The van der Waals surface area contributed by atoms with Gasteiger partial charge in [0, 0.05) is 24.7 Å². The summed E-state index contributed by atoms with van der Waals surface area (Å²) in [5, 5.41) is 10.4. The molecule has 0 spiro atoms. The van der Waals surface area contributed by atoms with E-state index >= 15 is 0 Å². The second kappa shape index (κ2) is 11.5. The van der Waals surface area contributed by atoms with Gasteiger partial charge in [-0.1, -0.05) is 32.8 Å². The number of nitrogens with one attached hydrogen (secondary N) is 1. The van der Waals surface area contributed by atoms with Crippen molar-refractivity contribution in [1.82, 2.24) is 14.5 Å². The number of aromatic nitrogens is 2. The molecule has 36 heavy (non-hydrogen) atoms. The quantitative estimate of drug-likeness (QED) is 0.400. The minimum Gasteiger partial charge on any atom is -0.497 e. The predicted octanol–water partition coefficient (Wildman–Crippen LogP) is 4.31. The number of rotatable bonds is 11. The molecule has 11 heteroatoms. The van der Waals surface area contributed by atoms with E-state index in [2.05, 4.69) is 15.5 Å². The van der Waals surface area contributed by atoms with Crippen molar-refractivity contribution in [1.29, 1.82) is 0 Å². The largest absolute Gasteiger partial charge is 0.497 e. The first kappa shape index (κ1) is 27.2. The van der Waals surface area contributed by atoms with Gasteiger partial charge >= 0.3 is 6.01 Å². The van der Waals surface area contributed by atoms with Crippen LogP contribution in [0.4, 0.5) is 6.01 Å². The molecule has 0 fully saturated rings. The van der Waals surface area contributed by atoms with E-state index < -0.39 is 15.9 Å². The summed E-state index contributed by atoms with van der Waals surface area (Å²) >= 11 is 0. The van der Waals surface area contributed by atoms with Gasteiger partial charge in [0.05, 0.1) is 24.7 Å². The number of carbonyl (C=O) groups is 1. The van der Waals surface area contributed by atoms with Gasteiger partial charge < -0.3 is 13.9 Å². The van der Waals surface area contributed by atoms with Crippen molar-refractivity contribution < 1.29 is 27.1 Å². The van der Waals surface area contributed by atoms with Crippen molar-refractivity contribution in [3.63, 3.8) is 0 Å². The van der Waals surface area contributed by atoms with Gasteiger partial charge in [-0.15, -0.1) is 5.10 Å². The van der Waals surface area contributed by atoms with Crippen LogP contribution in [-0.2, 0) is 10.0 Å². The van der Waals surface area contributed by atoms with E-state index in [-0.39, 0.29) is 34.2 Å². The van der Waals surface area contributed by atoms with Crippen LogP contribution in [0.2, 0.25) is 0 Å². The van der Waals surface area contributed by atoms with Crippen LogP contribution in [0.1, 0.15) is 38.1 Å². The number of amides is 1. The molecule has 2 aromatic carbocycles. The first-order chi connectivity index (χ1) is 17.0. The van der Waals surface area contributed by atoms with Crippen molar-refractivity contribution in [3.05, 3.63) is 48.0 Å². The standard InChI is InChI=1S/C25H32N4O6S/c1-16(2)14-29(15-17(3)4)36(31,32)20-10-7-18(8-11-20)23(30)26-25-28-27-24(35-25)21-12-9-19(33-5)13-22(21)34-6/h7-13,16-17H,14-15H2,1-6H3,(H,26,28,30). The Morgan fingerprint density at radius 2 is 1.61 bits per heavy atom. The second-order valence-electron chi connectivity index (χ2n) is 9.07. The molecule has 1 N–H and O–H groups in total. The molecule has 10 nitrogen and oxygen atoms in total. The molecule has 194 valence electrons. The molecular weight excluding hydrogens is 484 g/mol. The maximum Gasteiger partial charge on any atom is 0.322 e. The minimum atomic E-state index is -3.69. The molecule has 0 aliphatic carbocycles. The third-order valence-electron chi connectivity index (χ3n) is 5.18. The highest BCUT2D eigenvalue weighted by Crippen LogP contribution is 2.33. The van der Waals surface area contributed by atoms with Gasteiger partial charge in [0.1, 0.15) is 11.5 Å². The molecule has 0 radical (unpaired) electrons. The summed E-state index contributed by atoms with van der Waals surface area (Å²) in [6.07, 6.45) is 0. The third-order valence-corrected chi connectivity index (χ3v) is 7.02. The molecule has 0 aliphatic rings. The number of ether oxygens (including phenoxy) is 2. The number of hydrogen-bond donors (Lipinski definition) is 1. The molecule has 0 aliphatic heterocycles. The number of benzene rings is 2. The number of nitrogens with zero attached hydrogens (tertiary/aromatic N) is 3. The highest BCUT2D eigenvalue weighted by molar-refractivity contribution is 7.89. The zero-order chi connectivity index (χ0) is 26.5.